The zero-order valence-corrected chi connectivity index (χ0v) is 12.7. The highest BCUT2D eigenvalue weighted by Gasteiger charge is 2.15. The lowest BCUT2D eigenvalue weighted by atomic mass is 10.1. The highest BCUT2D eigenvalue weighted by Crippen LogP contribution is 2.22. The van der Waals surface area contributed by atoms with E-state index in [1.165, 1.54) is 0 Å². The molecule has 6 nitrogen and oxygen atoms in total. The van der Waals surface area contributed by atoms with Gasteiger partial charge in [0.05, 0.1) is 17.1 Å². The first-order valence-electron chi connectivity index (χ1n) is 7.59. The summed E-state index contributed by atoms with van der Waals surface area (Å²) >= 11 is 0. The van der Waals surface area contributed by atoms with Gasteiger partial charge in [-0.25, -0.2) is 4.98 Å². The number of carbonyl (C=O) groups excluding carboxylic acids is 1. The minimum Gasteiger partial charge on any atom is -0.369 e. The molecule has 1 aliphatic heterocycles. The number of carbonyl (C=O) groups is 1. The van der Waals surface area contributed by atoms with Crippen molar-refractivity contribution in [1.29, 1.82) is 5.26 Å². The Labute approximate surface area is 137 Å². The number of benzene rings is 2. The van der Waals surface area contributed by atoms with Gasteiger partial charge in [-0.05, 0) is 36.4 Å². The number of anilines is 1. The van der Waals surface area contributed by atoms with Crippen LogP contribution in [0.2, 0.25) is 0 Å². The summed E-state index contributed by atoms with van der Waals surface area (Å²) in [5, 5.41) is 13.2. The van der Waals surface area contributed by atoms with Crippen LogP contribution in [0.5, 0.6) is 0 Å². The standard InChI is InChI=1S/C18H13N5O/c19-11-12-5-7-13(8-6-12)17(24)22-18-21-15-4-2-1-3-14(15)16-20-9-10-23(16)18/h1-8,20H,9-10H2. The van der Waals surface area contributed by atoms with E-state index in [2.05, 4.69) is 15.3 Å². The fourth-order valence-electron chi connectivity index (χ4n) is 2.80. The van der Waals surface area contributed by atoms with Crippen LogP contribution in [0.3, 0.4) is 0 Å². The summed E-state index contributed by atoms with van der Waals surface area (Å²) in [6, 6.07) is 16.2. The van der Waals surface area contributed by atoms with Crippen molar-refractivity contribution < 1.29 is 4.79 Å². The molecule has 2 aromatic carbocycles. The number of hydrogen-bond donors (Lipinski definition) is 1. The molecule has 3 aromatic rings. The Hall–Kier alpha value is -3.46. The molecule has 4 rings (SSSR count). The molecule has 0 atom stereocenters. The van der Waals surface area contributed by atoms with Gasteiger partial charge < -0.3 is 5.32 Å². The first-order valence-corrected chi connectivity index (χ1v) is 7.59. The number of hydrogen-bond acceptors (Lipinski definition) is 4. The second-order valence-corrected chi connectivity index (χ2v) is 5.46. The largest absolute Gasteiger partial charge is 0.369 e. The fraction of sp³-hybridized carbons (Fsp3) is 0.111. The number of nitrogens with one attached hydrogen (secondary N) is 1. The van der Waals surface area contributed by atoms with Crippen molar-refractivity contribution in [2.45, 2.75) is 6.54 Å². The lowest BCUT2D eigenvalue weighted by Gasteiger charge is -2.07. The number of aromatic nitrogens is 2. The summed E-state index contributed by atoms with van der Waals surface area (Å²) in [7, 11) is 0. The van der Waals surface area contributed by atoms with Crippen LogP contribution in [0.4, 0.5) is 5.82 Å². The van der Waals surface area contributed by atoms with Crippen molar-refractivity contribution in [2.75, 3.05) is 11.9 Å². The molecule has 0 saturated heterocycles. The fourth-order valence-corrected chi connectivity index (χ4v) is 2.80. The van der Waals surface area contributed by atoms with Gasteiger partial charge in [-0.1, -0.05) is 12.1 Å². The van der Waals surface area contributed by atoms with E-state index in [-0.39, 0.29) is 5.91 Å². The minimum atomic E-state index is -0.371. The lowest BCUT2D eigenvalue weighted by Crippen LogP contribution is -2.24. The molecule has 0 unspecified atom stereocenters. The van der Waals surface area contributed by atoms with E-state index in [1.54, 1.807) is 24.3 Å². The van der Waals surface area contributed by atoms with E-state index >= 15 is 0 Å². The van der Waals surface area contributed by atoms with E-state index in [0.29, 0.717) is 23.3 Å². The first kappa shape index (κ1) is 14.2. The van der Waals surface area contributed by atoms with Crippen molar-refractivity contribution in [3.8, 4) is 6.07 Å². The van der Waals surface area contributed by atoms with Crippen molar-refractivity contribution in [3.63, 3.8) is 0 Å². The number of amides is 1. The summed E-state index contributed by atoms with van der Waals surface area (Å²) < 4.78 is 1.92. The quantitative estimate of drug-likeness (QED) is 0.745. The van der Waals surface area contributed by atoms with Crippen LogP contribution in [0, 0.1) is 11.3 Å². The zero-order valence-electron chi connectivity index (χ0n) is 12.7. The molecule has 1 aromatic heterocycles. The summed E-state index contributed by atoms with van der Waals surface area (Å²) in [5.74, 6) is 0.566. The molecule has 1 amide bonds. The smallest absolute Gasteiger partial charge is 0.280 e. The van der Waals surface area contributed by atoms with Gasteiger partial charge in [-0.15, -0.1) is 0 Å². The van der Waals surface area contributed by atoms with E-state index in [0.717, 1.165) is 23.3 Å². The molecule has 0 bridgehead atoms. The molecule has 0 radical (unpaired) electrons. The lowest BCUT2D eigenvalue weighted by molar-refractivity contribution is 0.0996. The number of fused-ring (bicyclic) bond motifs is 3. The summed E-state index contributed by atoms with van der Waals surface area (Å²) in [5.41, 5.74) is 2.13. The number of nitrogens with zero attached hydrogens (tertiary/aromatic N) is 4. The van der Waals surface area contributed by atoms with Crippen molar-refractivity contribution in [3.05, 3.63) is 65.3 Å². The molecule has 116 valence electrons. The Morgan fingerprint density at radius 3 is 2.79 bits per heavy atom. The Kier molecular flexibility index (Phi) is 3.32. The monoisotopic (exact) mass is 315 g/mol. The second-order valence-electron chi connectivity index (χ2n) is 5.46. The predicted octanol–water partition coefficient (Wildman–Crippen LogP) is 2.07. The van der Waals surface area contributed by atoms with Gasteiger partial charge in [0.1, 0.15) is 5.82 Å². The topological polar surface area (TPSA) is 83.1 Å². The summed E-state index contributed by atoms with van der Waals surface area (Å²) in [6.07, 6.45) is 0. The second kappa shape index (κ2) is 5.63. The van der Waals surface area contributed by atoms with Crippen molar-refractivity contribution >= 4 is 22.6 Å². The van der Waals surface area contributed by atoms with Crippen LogP contribution < -0.4 is 10.9 Å². The van der Waals surface area contributed by atoms with E-state index in [4.69, 9.17) is 5.26 Å². The van der Waals surface area contributed by atoms with Crippen LogP contribution in [0.15, 0.2) is 53.5 Å². The molecular weight excluding hydrogens is 302 g/mol. The van der Waals surface area contributed by atoms with Crippen LogP contribution in [-0.4, -0.2) is 22.0 Å². The van der Waals surface area contributed by atoms with Crippen LogP contribution in [0.1, 0.15) is 15.9 Å². The van der Waals surface area contributed by atoms with Crippen LogP contribution in [-0.2, 0) is 6.54 Å². The molecule has 0 saturated carbocycles. The highest BCUT2D eigenvalue weighted by molar-refractivity contribution is 5.95. The maximum absolute atomic E-state index is 12.4. The van der Waals surface area contributed by atoms with Gasteiger partial charge >= 0.3 is 0 Å². The summed E-state index contributed by atoms with van der Waals surface area (Å²) in [4.78, 5) is 21.2. The predicted molar refractivity (Wildman–Crippen MR) is 89.3 cm³/mol. The maximum atomic E-state index is 12.4. The Balaban J connectivity index is 1.85. The molecule has 2 heterocycles. The van der Waals surface area contributed by atoms with E-state index in [1.807, 2.05) is 34.9 Å². The van der Waals surface area contributed by atoms with Crippen molar-refractivity contribution in [1.82, 2.24) is 9.55 Å². The molecule has 1 N–H and O–H groups in total. The number of rotatable bonds is 1. The van der Waals surface area contributed by atoms with Crippen LogP contribution >= 0.6 is 0 Å². The third-order valence-corrected chi connectivity index (χ3v) is 3.98. The molecule has 6 heteroatoms. The first-order chi connectivity index (χ1) is 11.8. The molecule has 0 aliphatic carbocycles. The van der Waals surface area contributed by atoms with E-state index < -0.39 is 0 Å². The maximum Gasteiger partial charge on any atom is 0.280 e. The molecule has 1 aliphatic rings. The molecule has 0 fully saturated rings. The van der Waals surface area contributed by atoms with Crippen LogP contribution in [0.25, 0.3) is 10.9 Å². The molecule has 24 heavy (non-hydrogen) atoms. The van der Waals surface area contributed by atoms with Gasteiger partial charge in [0.2, 0.25) is 5.62 Å². The third-order valence-electron chi connectivity index (χ3n) is 3.98. The Morgan fingerprint density at radius 1 is 1.21 bits per heavy atom. The van der Waals surface area contributed by atoms with Gasteiger partial charge in [0, 0.05) is 24.0 Å². The van der Waals surface area contributed by atoms with Gasteiger partial charge in [0.15, 0.2) is 0 Å². The van der Waals surface area contributed by atoms with E-state index in [9.17, 15) is 4.79 Å². The third kappa shape index (κ3) is 2.32. The van der Waals surface area contributed by atoms with Crippen molar-refractivity contribution in [2.24, 2.45) is 4.99 Å². The number of nitriles is 1. The Morgan fingerprint density at radius 2 is 2.00 bits per heavy atom. The summed E-state index contributed by atoms with van der Waals surface area (Å²) in [6.45, 7) is 1.50. The molecule has 0 spiro atoms. The Bertz CT molecular complexity index is 1060. The zero-order chi connectivity index (χ0) is 16.5. The normalized spacial score (nSPS) is 13.4. The average molecular weight is 315 g/mol. The highest BCUT2D eigenvalue weighted by atomic mass is 16.1. The van der Waals surface area contributed by atoms with Gasteiger partial charge in [-0.2, -0.15) is 10.3 Å². The minimum absolute atomic E-state index is 0.371. The SMILES string of the molecule is N#Cc1ccc(C(=O)N=c2nc3ccccc3c3n2CCN3)cc1. The van der Waals surface area contributed by atoms with Gasteiger partial charge in [0.25, 0.3) is 5.91 Å². The van der Waals surface area contributed by atoms with Gasteiger partial charge in [-0.3, -0.25) is 9.36 Å². The molecular formula is C18H13N5O. The number of para-hydroxylation sites is 1. The average Bonchev–Trinajstić information content (AvgIpc) is 3.12.